The van der Waals surface area contributed by atoms with Crippen LogP contribution < -0.4 is 26.4 Å². The first-order valence-electron chi connectivity index (χ1n) is 14.1. The molecular formula is C30H32N8O5. The third-order valence-corrected chi connectivity index (χ3v) is 8.12. The molecule has 2 aromatic heterocycles. The van der Waals surface area contributed by atoms with E-state index in [9.17, 15) is 24.0 Å². The highest BCUT2D eigenvalue weighted by atomic mass is 16.2. The van der Waals surface area contributed by atoms with Gasteiger partial charge in [-0.2, -0.15) is 4.98 Å². The van der Waals surface area contributed by atoms with E-state index in [2.05, 4.69) is 10.2 Å². The highest BCUT2D eigenvalue weighted by Gasteiger charge is 2.43. The van der Waals surface area contributed by atoms with Crippen LogP contribution in [-0.4, -0.2) is 73.5 Å². The molecule has 1 atom stereocenters. The SMILES string of the molecule is CC(=O)Nc1ccc(N2C(=O)CC(N3CCN(c4nc5c(c(=O)n(C)c(=O)n5C)n4Cc4ccccc4)CC3)C2=O)cc1. The summed E-state index contributed by atoms with van der Waals surface area (Å²) in [4.78, 5) is 73.7. The zero-order valence-corrected chi connectivity index (χ0v) is 24.2. The molecule has 4 heterocycles. The van der Waals surface area contributed by atoms with Gasteiger partial charge in [-0.15, -0.1) is 0 Å². The van der Waals surface area contributed by atoms with E-state index in [4.69, 9.17) is 4.98 Å². The number of fused-ring (bicyclic) bond motifs is 1. The van der Waals surface area contributed by atoms with Crippen molar-refractivity contribution in [1.29, 1.82) is 0 Å². The van der Waals surface area contributed by atoms with Crippen molar-refractivity contribution in [2.75, 3.05) is 41.3 Å². The van der Waals surface area contributed by atoms with Crippen LogP contribution in [0.1, 0.15) is 18.9 Å². The van der Waals surface area contributed by atoms with Gasteiger partial charge in [-0.1, -0.05) is 30.3 Å². The number of imide groups is 1. The standard InChI is InChI=1S/C30H32N8O5/c1-19(39)31-21-9-11-22(12-10-21)38-24(40)17-23(27(38)41)35-13-15-36(16-14-35)29-32-26-25(28(42)34(3)30(43)33(26)2)37(29)18-20-7-5-4-6-8-20/h4-12,23H,13-18H2,1-3H3,(H,31,39). The summed E-state index contributed by atoms with van der Waals surface area (Å²) in [6, 6.07) is 15.8. The maximum Gasteiger partial charge on any atom is 0.332 e. The minimum Gasteiger partial charge on any atom is -0.340 e. The van der Waals surface area contributed by atoms with E-state index in [1.54, 1.807) is 31.3 Å². The van der Waals surface area contributed by atoms with E-state index in [0.29, 0.717) is 61.2 Å². The monoisotopic (exact) mass is 584 g/mol. The number of benzene rings is 2. The Kier molecular flexibility index (Phi) is 7.18. The zero-order valence-electron chi connectivity index (χ0n) is 24.2. The minimum atomic E-state index is -0.582. The van der Waals surface area contributed by atoms with E-state index in [1.165, 1.54) is 23.4 Å². The first-order chi connectivity index (χ1) is 20.6. The molecule has 13 heteroatoms. The van der Waals surface area contributed by atoms with Crippen LogP contribution in [-0.2, 0) is 35.0 Å². The normalized spacial score (nSPS) is 17.7. The predicted octanol–water partition coefficient (Wildman–Crippen LogP) is 0.895. The Morgan fingerprint density at radius 1 is 0.907 bits per heavy atom. The lowest BCUT2D eigenvalue weighted by Gasteiger charge is -2.37. The first-order valence-corrected chi connectivity index (χ1v) is 14.1. The number of rotatable bonds is 6. The van der Waals surface area contributed by atoms with Gasteiger partial charge in [0.25, 0.3) is 11.5 Å². The third-order valence-electron chi connectivity index (χ3n) is 8.12. The molecule has 4 aromatic rings. The van der Waals surface area contributed by atoms with Crippen molar-refractivity contribution in [3.05, 3.63) is 81.0 Å². The molecule has 1 N–H and O–H groups in total. The van der Waals surface area contributed by atoms with E-state index in [1.807, 2.05) is 39.8 Å². The molecule has 2 aliphatic rings. The number of aromatic nitrogens is 4. The van der Waals surface area contributed by atoms with Crippen molar-refractivity contribution in [3.8, 4) is 0 Å². The van der Waals surface area contributed by atoms with Crippen molar-refractivity contribution < 1.29 is 14.4 Å². The quantitative estimate of drug-likeness (QED) is 0.331. The first kappa shape index (κ1) is 28.1. The number of aryl methyl sites for hydroxylation is 1. The van der Waals surface area contributed by atoms with Gasteiger partial charge in [0.15, 0.2) is 11.2 Å². The van der Waals surface area contributed by atoms with Crippen LogP contribution in [0, 0.1) is 0 Å². The lowest BCUT2D eigenvalue weighted by atomic mass is 10.1. The van der Waals surface area contributed by atoms with Crippen molar-refractivity contribution in [1.82, 2.24) is 23.6 Å². The Balaban J connectivity index is 1.24. The van der Waals surface area contributed by atoms with Gasteiger partial charge in [0.1, 0.15) is 0 Å². The van der Waals surface area contributed by atoms with E-state index >= 15 is 0 Å². The molecule has 0 bridgehead atoms. The molecule has 2 aromatic carbocycles. The van der Waals surface area contributed by atoms with E-state index in [-0.39, 0.29) is 24.1 Å². The molecule has 2 fully saturated rings. The molecule has 0 aliphatic carbocycles. The highest BCUT2D eigenvalue weighted by molar-refractivity contribution is 6.22. The summed E-state index contributed by atoms with van der Waals surface area (Å²) in [5.74, 6) is -0.180. The van der Waals surface area contributed by atoms with Crippen LogP contribution >= 0.6 is 0 Å². The second-order valence-corrected chi connectivity index (χ2v) is 10.9. The molecule has 1 unspecified atom stereocenters. The maximum atomic E-state index is 13.4. The van der Waals surface area contributed by atoms with Crippen LogP contribution in [0.3, 0.4) is 0 Å². The Labute approximate surface area is 246 Å². The second-order valence-electron chi connectivity index (χ2n) is 10.9. The van der Waals surface area contributed by atoms with Crippen LogP contribution in [0.2, 0.25) is 0 Å². The second kappa shape index (κ2) is 11.0. The molecular weight excluding hydrogens is 552 g/mol. The third kappa shape index (κ3) is 5.01. The van der Waals surface area contributed by atoms with Crippen molar-refractivity contribution >= 4 is 46.2 Å². The summed E-state index contributed by atoms with van der Waals surface area (Å²) >= 11 is 0. The van der Waals surface area contributed by atoms with Gasteiger partial charge in [-0.25, -0.2) is 9.69 Å². The molecule has 2 saturated heterocycles. The largest absolute Gasteiger partial charge is 0.340 e. The van der Waals surface area contributed by atoms with Gasteiger partial charge in [0.05, 0.1) is 24.7 Å². The predicted molar refractivity (Wildman–Crippen MR) is 161 cm³/mol. The number of anilines is 3. The van der Waals surface area contributed by atoms with Crippen LogP contribution in [0.25, 0.3) is 11.2 Å². The minimum absolute atomic E-state index is 0.0803. The average molecular weight is 585 g/mol. The smallest absolute Gasteiger partial charge is 0.332 e. The van der Waals surface area contributed by atoms with Gasteiger partial charge in [0.2, 0.25) is 17.8 Å². The van der Waals surface area contributed by atoms with Gasteiger partial charge < -0.3 is 10.2 Å². The number of nitrogens with zero attached hydrogens (tertiary/aromatic N) is 7. The van der Waals surface area contributed by atoms with Gasteiger partial charge in [0, 0.05) is 52.9 Å². The fraction of sp³-hybridized carbons (Fsp3) is 0.333. The van der Waals surface area contributed by atoms with Crippen molar-refractivity contribution in [3.63, 3.8) is 0 Å². The van der Waals surface area contributed by atoms with Crippen LogP contribution in [0.15, 0.2) is 64.2 Å². The fourth-order valence-electron chi connectivity index (χ4n) is 5.90. The van der Waals surface area contributed by atoms with E-state index < -0.39 is 17.3 Å². The highest BCUT2D eigenvalue weighted by Crippen LogP contribution is 2.29. The Morgan fingerprint density at radius 2 is 1.58 bits per heavy atom. The Hall–Kier alpha value is -5.04. The summed E-state index contributed by atoms with van der Waals surface area (Å²) in [5, 5.41) is 2.68. The number of carbonyl (C=O) groups is 3. The van der Waals surface area contributed by atoms with Gasteiger partial charge in [-0.05, 0) is 29.8 Å². The lowest BCUT2D eigenvalue weighted by molar-refractivity contribution is -0.123. The molecule has 222 valence electrons. The Morgan fingerprint density at radius 3 is 2.23 bits per heavy atom. The number of nitrogens with one attached hydrogen (secondary N) is 1. The molecule has 2 aliphatic heterocycles. The average Bonchev–Trinajstić information content (AvgIpc) is 3.52. The molecule has 0 radical (unpaired) electrons. The number of imidazole rings is 1. The summed E-state index contributed by atoms with van der Waals surface area (Å²) in [7, 11) is 3.07. The number of hydrogen-bond acceptors (Lipinski definition) is 8. The number of piperazine rings is 1. The summed E-state index contributed by atoms with van der Waals surface area (Å²) < 4.78 is 4.34. The summed E-state index contributed by atoms with van der Waals surface area (Å²) in [5.41, 5.74) is 1.84. The van der Waals surface area contributed by atoms with Crippen molar-refractivity contribution in [2.45, 2.75) is 25.9 Å². The molecule has 6 rings (SSSR count). The van der Waals surface area contributed by atoms with Crippen LogP contribution in [0.5, 0.6) is 0 Å². The Bertz CT molecular complexity index is 1850. The molecule has 0 spiro atoms. The van der Waals surface area contributed by atoms with Crippen LogP contribution in [0.4, 0.5) is 17.3 Å². The summed E-state index contributed by atoms with van der Waals surface area (Å²) in [6.45, 7) is 3.83. The number of amides is 3. The van der Waals surface area contributed by atoms with Crippen molar-refractivity contribution in [2.24, 2.45) is 14.1 Å². The number of carbonyl (C=O) groups excluding carboxylic acids is 3. The molecule has 0 saturated carbocycles. The van der Waals surface area contributed by atoms with Gasteiger partial charge >= 0.3 is 5.69 Å². The molecule has 13 nitrogen and oxygen atoms in total. The number of hydrogen-bond donors (Lipinski definition) is 1. The maximum absolute atomic E-state index is 13.4. The summed E-state index contributed by atoms with van der Waals surface area (Å²) in [6.07, 6.45) is 0.0803. The molecule has 43 heavy (non-hydrogen) atoms. The molecule has 3 amide bonds. The zero-order chi connectivity index (χ0) is 30.4. The lowest BCUT2D eigenvalue weighted by Crippen LogP contribution is -2.53. The fourth-order valence-corrected chi connectivity index (χ4v) is 5.90. The van der Waals surface area contributed by atoms with Gasteiger partial charge in [-0.3, -0.25) is 37.8 Å². The van der Waals surface area contributed by atoms with E-state index in [0.717, 1.165) is 10.1 Å². The topological polar surface area (TPSA) is 135 Å².